The Bertz CT molecular complexity index is 1110. The van der Waals surface area contributed by atoms with E-state index < -0.39 is 65.4 Å². The Balaban J connectivity index is 2.49. The van der Waals surface area contributed by atoms with Crippen LogP contribution in [0.2, 0.25) is 0 Å². The summed E-state index contributed by atoms with van der Waals surface area (Å²) in [5.41, 5.74) is 1.59. The van der Waals surface area contributed by atoms with Crippen molar-refractivity contribution in [2.75, 3.05) is 5.73 Å². The quantitative estimate of drug-likeness (QED) is 0.297. The van der Waals surface area contributed by atoms with Crippen molar-refractivity contribution in [2.45, 2.75) is 4.90 Å². The number of rotatable bonds is 2. The molecular formula is C14H7FN2O7S. The molecule has 0 radical (unpaired) electrons. The summed E-state index contributed by atoms with van der Waals surface area (Å²) < 4.78 is 45.4. The van der Waals surface area contributed by atoms with Crippen LogP contribution < -0.4 is 5.73 Å². The topological polar surface area (TPSA) is 158 Å². The highest BCUT2D eigenvalue weighted by atomic mass is 32.2. The van der Waals surface area contributed by atoms with Gasteiger partial charge < -0.3 is 5.73 Å². The first-order chi connectivity index (χ1) is 11.5. The molecule has 9 nitrogen and oxygen atoms in total. The standard InChI is InChI=1S/C14H7FN2O7S/c15-5-1-2-6-7(3-5)14(19)11-10(13(6)18)8(17(20)21)4-9(12(11)16)25(22,23)24/h1-4H,16H2,(H,22,23,24). The number of benzene rings is 2. The third-order valence-corrected chi connectivity index (χ3v) is 4.60. The Hall–Kier alpha value is -3.18. The van der Waals surface area contributed by atoms with Crippen molar-refractivity contribution < 1.29 is 31.9 Å². The molecule has 0 aliphatic heterocycles. The number of hydrogen-bond acceptors (Lipinski definition) is 7. The second kappa shape index (κ2) is 5.16. The normalized spacial score (nSPS) is 13.4. The summed E-state index contributed by atoms with van der Waals surface area (Å²) in [5.74, 6) is -2.89. The lowest BCUT2D eigenvalue weighted by Crippen LogP contribution is -2.25. The second-order valence-electron chi connectivity index (χ2n) is 5.14. The van der Waals surface area contributed by atoms with E-state index in [2.05, 4.69) is 0 Å². The monoisotopic (exact) mass is 366 g/mol. The second-order valence-corrected chi connectivity index (χ2v) is 6.53. The zero-order valence-electron chi connectivity index (χ0n) is 12.0. The summed E-state index contributed by atoms with van der Waals surface area (Å²) in [6.45, 7) is 0. The minimum absolute atomic E-state index is 0.277. The van der Waals surface area contributed by atoms with E-state index in [-0.39, 0.29) is 5.56 Å². The molecule has 0 atom stereocenters. The maximum atomic E-state index is 13.4. The zero-order chi connectivity index (χ0) is 18.7. The van der Waals surface area contributed by atoms with Gasteiger partial charge in [0.2, 0.25) is 5.78 Å². The average Bonchev–Trinajstić information content (AvgIpc) is 2.50. The highest BCUT2D eigenvalue weighted by Gasteiger charge is 2.40. The number of nitrogens with two attached hydrogens (primary N) is 1. The van der Waals surface area contributed by atoms with Gasteiger partial charge in [0.15, 0.2) is 5.78 Å². The Morgan fingerprint density at radius 2 is 1.68 bits per heavy atom. The van der Waals surface area contributed by atoms with E-state index in [4.69, 9.17) is 5.73 Å². The highest BCUT2D eigenvalue weighted by Crippen LogP contribution is 2.39. The number of fused-ring (bicyclic) bond motifs is 2. The number of anilines is 1. The van der Waals surface area contributed by atoms with E-state index in [0.29, 0.717) is 6.07 Å². The summed E-state index contributed by atoms with van der Waals surface area (Å²) in [4.78, 5) is 34.2. The Kier molecular flexibility index (Phi) is 3.44. The molecule has 0 fully saturated rings. The molecule has 0 heterocycles. The van der Waals surface area contributed by atoms with E-state index in [1.165, 1.54) is 0 Å². The molecule has 128 valence electrons. The molecule has 0 spiro atoms. The summed E-state index contributed by atoms with van der Waals surface area (Å²) >= 11 is 0. The number of nitro groups is 1. The average molecular weight is 366 g/mol. The number of ketones is 2. The number of carbonyl (C=O) groups excluding carboxylic acids is 2. The molecule has 2 aromatic carbocycles. The molecule has 2 aromatic rings. The molecular weight excluding hydrogens is 359 g/mol. The van der Waals surface area contributed by atoms with Crippen molar-refractivity contribution >= 4 is 33.1 Å². The van der Waals surface area contributed by atoms with E-state index in [1.54, 1.807) is 0 Å². The fourth-order valence-corrected chi connectivity index (χ4v) is 3.30. The third kappa shape index (κ3) is 2.37. The Labute approximate surface area is 138 Å². The Morgan fingerprint density at radius 1 is 1.08 bits per heavy atom. The van der Waals surface area contributed by atoms with Crippen LogP contribution in [0.15, 0.2) is 29.2 Å². The first-order valence-corrected chi connectivity index (χ1v) is 7.95. The minimum Gasteiger partial charge on any atom is -0.397 e. The molecule has 1 aliphatic carbocycles. The first-order valence-electron chi connectivity index (χ1n) is 6.51. The van der Waals surface area contributed by atoms with E-state index >= 15 is 0 Å². The van der Waals surface area contributed by atoms with Gasteiger partial charge >= 0.3 is 0 Å². The lowest BCUT2D eigenvalue weighted by molar-refractivity contribution is -0.385. The maximum Gasteiger partial charge on any atom is 0.296 e. The van der Waals surface area contributed by atoms with Crippen molar-refractivity contribution in [3.05, 3.63) is 62.5 Å². The fraction of sp³-hybridized carbons (Fsp3) is 0. The van der Waals surface area contributed by atoms with Crippen LogP contribution >= 0.6 is 0 Å². The van der Waals surface area contributed by atoms with Gasteiger partial charge in [0.1, 0.15) is 16.3 Å². The fourth-order valence-electron chi connectivity index (χ4n) is 2.65. The van der Waals surface area contributed by atoms with Crippen LogP contribution in [0.3, 0.4) is 0 Å². The molecule has 25 heavy (non-hydrogen) atoms. The predicted octanol–water partition coefficient (Wildman–Crippen LogP) is 1.34. The van der Waals surface area contributed by atoms with Crippen molar-refractivity contribution in [3.8, 4) is 0 Å². The van der Waals surface area contributed by atoms with Crippen LogP contribution in [-0.4, -0.2) is 29.5 Å². The van der Waals surface area contributed by atoms with Crippen LogP contribution in [0, 0.1) is 15.9 Å². The van der Waals surface area contributed by atoms with Gasteiger partial charge in [0.05, 0.1) is 16.2 Å². The summed E-state index contributed by atoms with van der Waals surface area (Å²) in [6.07, 6.45) is 0. The van der Waals surface area contributed by atoms with Gasteiger partial charge in [-0.3, -0.25) is 24.3 Å². The number of nitrogen functional groups attached to an aromatic ring is 1. The van der Waals surface area contributed by atoms with Gasteiger partial charge in [-0.1, -0.05) is 0 Å². The molecule has 0 unspecified atom stereocenters. The van der Waals surface area contributed by atoms with Crippen LogP contribution in [0.4, 0.5) is 15.8 Å². The molecule has 3 rings (SSSR count). The molecule has 11 heteroatoms. The highest BCUT2D eigenvalue weighted by molar-refractivity contribution is 7.86. The van der Waals surface area contributed by atoms with E-state index in [9.17, 15) is 37.1 Å². The van der Waals surface area contributed by atoms with Gasteiger partial charge in [-0.05, 0) is 18.2 Å². The molecule has 3 N–H and O–H groups in total. The predicted molar refractivity (Wildman–Crippen MR) is 80.6 cm³/mol. The molecule has 0 amide bonds. The zero-order valence-corrected chi connectivity index (χ0v) is 12.8. The number of carbonyl (C=O) groups is 2. The van der Waals surface area contributed by atoms with Gasteiger partial charge in [0, 0.05) is 17.2 Å². The maximum absolute atomic E-state index is 13.4. The van der Waals surface area contributed by atoms with Crippen LogP contribution in [0.5, 0.6) is 0 Å². The number of nitro benzene ring substituents is 1. The summed E-state index contributed by atoms with van der Waals surface area (Å²) in [7, 11) is -5.02. The molecule has 0 aromatic heterocycles. The van der Waals surface area contributed by atoms with Gasteiger partial charge in [-0.15, -0.1) is 0 Å². The molecule has 0 saturated heterocycles. The van der Waals surface area contributed by atoms with Crippen molar-refractivity contribution in [1.82, 2.24) is 0 Å². The van der Waals surface area contributed by atoms with Gasteiger partial charge in [0.25, 0.3) is 15.8 Å². The smallest absolute Gasteiger partial charge is 0.296 e. The lowest BCUT2D eigenvalue weighted by atomic mass is 9.82. The van der Waals surface area contributed by atoms with E-state index in [1.807, 2.05) is 0 Å². The van der Waals surface area contributed by atoms with Crippen molar-refractivity contribution in [3.63, 3.8) is 0 Å². The Morgan fingerprint density at radius 3 is 2.24 bits per heavy atom. The SMILES string of the molecule is Nc1c(S(=O)(=O)O)cc([N+](=O)[O-])c2c1C(=O)c1cc(F)ccc1C2=O. The number of halogens is 1. The summed E-state index contributed by atoms with van der Waals surface area (Å²) in [6, 6.07) is 3.04. The van der Waals surface area contributed by atoms with Gasteiger partial charge in [-0.2, -0.15) is 8.42 Å². The molecule has 0 bridgehead atoms. The van der Waals surface area contributed by atoms with Crippen LogP contribution in [0.25, 0.3) is 0 Å². The van der Waals surface area contributed by atoms with Crippen LogP contribution in [-0.2, 0) is 10.1 Å². The van der Waals surface area contributed by atoms with Crippen molar-refractivity contribution in [2.24, 2.45) is 0 Å². The van der Waals surface area contributed by atoms with Gasteiger partial charge in [-0.25, -0.2) is 4.39 Å². The lowest BCUT2D eigenvalue weighted by Gasteiger charge is -2.20. The number of hydrogen-bond donors (Lipinski definition) is 2. The minimum atomic E-state index is -5.02. The van der Waals surface area contributed by atoms with E-state index in [0.717, 1.165) is 18.2 Å². The van der Waals surface area contributed by atoms with Crippen LogP contribution in [0.1, 0.15) is 31.8 Å². The molecule has 1 aliphatic rings. The first kappa shape index (κ1) is 16.7. The summed E-state index contributed by atoms with van der Waals surface area (Å²) in [5, 5.41) is 11.2. The molecule has 0 saturated carbocycles. The van der Waals surface area contributed by atoms with Crippen molar-refractivity contribution in [1.29, 1.82) is 0 Å². The largest absolute Gasteiger partial charge is 0.397 e. The third-order valence-electron chi connectivity index (χ3n) is 3.71. The number of nitrogens with zero attached hydrogens (tertiary/aromatic N) is 1.